The third-order valence-corrected chi connectivity index (χ3v) is 6.51. The van der Waals surface area contributed by atoms with Gasteiger partial charge in [0.2, 0.25) is 5.91 Å². The van der Waals surface area contributed by atoms with Crippen LogP contribution in [0, 0.1) is 0 Å². The lowest BCUT2D eigenvalue weighted by atomic mass is 10.0. The molecule has 5 nitrogen and oxygen atoms in total. The van der Waals surface area contributed by atoms with Gasteiger partial charge in [0.1, 0.15) is 5.75 Å². The maximum atomic E-state index is 11.6. The summed E-state index contributed by atoms with van der Waals surface area (Å²) < 4.78 is 5.55. The Kier molecular flexibility index (Phi) is 11.0. The van der Waals surface area contributed by atoms with Crippen LogP contribution in [-0.2, 0) is 9.59 Å². The minimum absolute atomic E-state index is 0.201. The normalized spacial score (nSPS) is 12.0. The molecule has 2 N–H and O–H groups in total. The second-order valence-corrected chi connectivity index (χ2v) is 15.7. The fraction of sp³-hybridized carbons (Fsp3) is 0.474. The van der Waals surface area contributed by atoms with Crippen molar-refractivity contribution >= 4 is 62.9 Å². The van der Waals surface area contributed by atoms with Crippen molar-refractivity contribution in [2.45, 2.75) is 52.0 Å². The average Bonchev–Trinajstić information content (AvgIpc) is 2.57. The van der Waals surface area contributed by atoms with Crippen molar-refractivity contribution in [2.75, 3.05) is 11.9 Å². The SMILES string of the molecule is CCOc1cc(/C=C(\CCCCCC[Si](Cl)(Cl)Cl)C(=O)O)ccc1NC(C)=O. The van der Waals surface area contributed by atoms with Crippen molar-refractivity contribution < 1.29 is 19.4 Å². The summed E-state index contributed by atoms with van der Waals surface area (Å²) in [6, 6.07) is 3.25. The lowest BCUT2D eigenvalue weighted by molar-refractivity contribution is -0.132. The molecule has 156 valence electrons. The summed E-state index contributed by atoms with van der Waals surface area (Å²) in [5.74, 6) is -0.641. The zero-order valence-corrected chi connectivity index (χ0v) is 19.3. The van der Waals surface area contributed by atoms with Gasteiger partial charge in [-0.25, -0.2) is 4.79 Å². The van der Waals surface area contributed by atoms with Crippen LogP contribution in [0.3, 0.4) is 0 Å². The third-order valence-electron chi connectivity index (χ3n) is 3.89. The van der Waals surface area contributed by atoms with Gasteiger partial charge in [0.05, 0.1) is 12.3 Å². The number of unbranched alkanes of at least 4 members (excludes halogenated alkanes) is 3. The molecule has 0 aliphatic heterocycles. The van der Waals surface area contributed by atoms with E-state index >= 15 is 0 Å². The zero-order chi connectivity index (χ0) is 21.2. The molecule has 1 rings (SSSR count). The standard InChI is InChI=1S/C19H26Cl3NO4Si/c1-3-27-18-13-15(9-10-17(18)23-14(2)24)12-16(19(25)26)8-6-4-5-7-11-28(20,21)22/h9-10,12-13H,3-8,11H2,1-2H3,(H,23,24)(H,25,26)/b16-12+. The summed E-state index contributed by atoms with van der Waals surface area (Å²) in [4.78, 5) is 22.9. The van der Waals surface area contributed by atoms with Crippen molar-refractivity contribution in [3.05, 3.63) is 29.3 Å². The quantitative estimate of drug-likeness (QED) is 0.168. The van der Waals surface area contributed by atoms with Crippen LogP contribution >= 0.6 is 33.2 Å². The molecule has 9 heteroatoms. The molecule has 0 aliphatic rings. The number of halogens is 3. The molecule has 1 amide bonds. The zero-order valence-electron chi connectivity index (χ0n) is 16.1. The largest absolute Gasteiger partial charge is 0.492 e. The number of nitrogens with one attached hydrogen (secondary N) is 1. The number of benzene rings is 1. The first-order valence-electron chi connectivity index (χ1n) is 9.17. The fourth-order valence-corrected chi connectivity index (χ4v) is 4.49. The van der Waals surface area contributed by atoms with Gasteiger partial charge >= 0.3 is 12.0 Å². The lowest BCUT2D eigenvalue weighted by Crippen LogP contribution is -2.08. The first kappa shape index (κ1) is 24.8. The number of anilines is 1. The molecule has 0 atom stereocenters. The Balaban J connectivity index is 2.75. The highest BCUT2D eigenvalue weighted by Gasteiger charge is 2.23. The number of hydrogen-bond acceptors (Lipinski definition) is 3. The van der Waals surface area contributed by atoms with E-state index in [0.29, 0.717) is 41.6 Å². The van der Waals surface area contributed by atoms with Gasteiger partial charge in [0, 0.05) is 12.5 Å². The fourth-order valence-electron chi connectivity index (χ4n) is 2.63. The molecule has 0 aromatic heterocycles. The summed E-state index contributed by atoms with van der Waals surface area (Å²) >= 11 is 17.6. The Morgan fingerprint density at radius 1 is 1.18 bits per heavy atom. The second kappa shape index (κ2) is 12.4. The molecule has 0 aliphatic carbocycles. The van der Waals surface area contributed by atoms with E-state index in [1.165, 1.54) is 6.92 Å². The summed E-state index contributed by atoms with van der Waals surface area (Å²) in [6.45, 7) is 3.69. The van der Waals surface area contributed by atoms with E-state index in [-0.39, 0.29) is 5.91 Å². The Bertz CT molecular complexity index is 705. The molecule has 0 radical (unpaired) electrons. The van der Waals surface area contributed by atoms with Crippen LogP contribution in [0.2, 0.25) is 6.04 Å². The average molecular weight is 467 g/mol. The molecule has 0 spiro atoms. The van der Waals surface area contributed by atoms with E-state index in [4.69, 9.17) is 38.0 Å². The van der Waals surface area contributed by atoms with Crippen molar-refractivity contribution in [1.82, 2.24) is 0 Å². The van der Waals surface area contributed by atoms with Crippen molar-refractivity contribution in [1.29, 1.82) is 0 Å². The van der Waals surface area contributed by atoms with Crippen LogP contribution in [0.5, 0.6) is 5.75 Å². The number of carboxylic acid groups (broad SMARTS) is 1. The first-order valence-corrected chi connectivity index (χ1v) is 14.4. The van der Waals surface area contributed by atoms with Crippen molar-refractivity contribution in [3.63, 3.8) is 0 Å². The van der Waals surface area contributed by atoms with Crippen molar-refractivity contribution in [2.24, 2.45) is 0 Å². The smallest absolute Gasteiger partial charge is 0.341 e. The molecule has 1 aromatic carbocycles. The number of rotatable bonds is 12. The van der Waals surface area contributed by atoms with Gasteiger partial charge in [-0.05, 0) is 49.6 Å². The summed E-state index contributed by atoms with van der Waals surface area (Å²) in [5.41, 5.74) is 1.59. The predicted molar refractivity (Wildman–Crippen MR) is 119 cm³/mol. The van der Waals surface area contributed by atoms with Gasteiger partial charge in [-0.3, -0.25) is 4.79 Å². The molecule has 0 heterocycles. The van der Waals surface area contributed by atoms with E-state index in [9.17, 15) is 14.7 Å². The third kappa shape index (κ3) is 10.4. The Hall–Kier alpha value is -1.21. The van der Waals surface area contributed by atoms with Gasteiger partial charge in [-0.2, -0.15) is 0 Å². The van der Waals surface area contributed by atoms with Crippen LogP contribution in [0.4, 0.5) is 5.69 Å². The number of carbonyl (C=O) groups is 2. The number of ether oxygens (including phenoxy) is 1. The molecular weight excluding hydrogens is 441 g/mol. The molecule has 0 saturated heterocycles. The number of aliphatic carboxylic acids is 1. The highest BCUT2D eigenvalue weighted by atomic mass is 35.8. The van der Waals surface area contributed by atoms with E-state index in [2.05, 4.69) is 5.32 Å². The van der Waals surface area contributed by atoms with E-state index < -0.39 is 12.0 Å². The topological polar surface area (TPSA) is 75.6 Å². The lowest BCUT2D eigenvalue weighted by Gasteiger charge is -2.12. The molecule has 0 bridgehead atoms. The van der Waals surface area contributed by atoms with Crippen LogP contribution in [-0.4, -0.2) is 29.6 Å². The highest BCUT2D eigenvalue weighted by Crippen LogP contribution is 2.29. The van der Waals surface area contributed by atoms with Gasteiger partial charge in [-0.15, -0.1) is 33.2 Å². The molecule has 28 heavy (non-hydrogen) atoms. The minimum Gasteiger partial charge on any atom is -0.492 e. The van der Waals surface area contributed by atoms with E-state index in [0.717, 1.165) is 25.7 Å². The Labute approximate surface area is 181 Å². The minimum atomic E-state index is -2.56. The second-order valence-electron chi connectivity index (χ2n) is 6.37. The number of carboxylic acids is 1. The Morgan fingerprint density at radius 2 is 1.86 bits per heavy atom. The maximum Gasteiger partial charge on any atom is 0.341 e. The van der Waals surface area contributed by atoms with Crippen LogP contribution in [0.25, 0.3) is 6.08 Å². The van der Waals surface area contributed by atoms with Gasteiger partial charge in [-0.1, -0.05) is 25.3 Å². The van der Waals surface area contributed by atoms with Gasteiger partial charge in [0.15, 0.2) is 0 Å². The summed E-state index contributed by atoms with van der Waals surface area (Å²) in [6.07, 6.45) is 5.48. The first-order chi connectivity index (χ1) is 13.1. The predicted octanol–water partition coefficient (Wildman–Crippen LogP) is 6.12. The molecule has 0 fully saturated rings. The van der Waals surface area contributed by atoms with Crippen LogP contribution in [0.15, 0.2) is 23.8 Å². The van der Waals surface area contributed by atoms with Crippen molar-refractivity contribution in [3.8, 4) is 5.75 Å². The number of hydrogen-bond donors (Lipinski definition) is 2. The molecule has 1 aromatic rings. The molecule has 0 saturated carbocycles. The highest BCUT2D eigenvalue weighted by molar-refractivity contribution is 7.64. The van der Waals surface area contributed by atoms with Gasteiger partial charge in [0.25, 0.3) is 0 Å². The summed E-state index contributed by atoms with van der Waals surface area (Å²) in [5, 5.41) is 12.2. The van der Waals surface area contributed by atoms with Crippen LogP contribution < -0.4 is 10.1 Å². The monoisotopic (exact) mass is 465 g/mol. The number of amides is 1. The van der Waals surface area contributed by atoms with Crippen LogP contribution in [0.1, 0.15) is 51.5 Å². The van der Waals surface area contributed by atoms with E-state index in [1.807, 2.05) is 6.92 Å². The number of carbonyl (C=O) groups excluding carboxylic acids is 1. The summed E-state index contributed by atoms with van der Waals surface area (Å²) in [7, 11) is 0. The maximum absolute atomic E-state index is 11.6. The molecular formula is C19H26Cl3NO4Si. The Morgan fingerprint density at radius 3 is 2.43 bits per heavy atom. The van der Waals surface area contributed by atoms with Gasteiger partial charge < -0.3 is 15.2 Å². The van der Waals surface area contributed by atoms with E-state index in [1.54, 1.807) is 24.3 Å². The molecule has 0 unspecified atom stereocenters.